The van der Waals surface area contributed by atoms with Crippen molar-refractivity contribution in [1.82, 2.24) is 20.2 Å². The average molecular weight is 459 g/mol. The summed E-state index contributed by atoms with van der Waals surface area (Å²) in [6, 6.07) is 22.3. The summed E-state index contributed by atoms with van der Waals surface area (Å²) in [5.41, 5.74) is 3.31. The van der Waals surface area contributed by atoms with E-state index in [2.05, 4.69) is 51.4 Å². The molecule has 0 radical (unpaired) electrons. The van der Waals surface area contributed by atoms with Gasteiger partial charge in [0.1, 0.15) is 11.8 Å². The fourth-order valence-corrected chi connectivity index (χ4v) is 4.92. The number of nitrogens with zero attached hydrogens (tertiary/aromatic N) is 3. The molecule has 0 unspecified atom stereocenters. The molecule has 32 heavy (non-hydrogen) atoms. The number of aromatic nitrogens is 2. The minimum atomic E-state index is -0.113. The zero-order valence-electron chi connectivity index (χ0n) is 17.5. The lowest BCUT2D eigenvalue weighted by molar-refractivity contribution is 0.254. The Kier molecular flexibility index (Phi) is 5.92. The summed E-state index contributed by atoms with van der Waals surface area (Å²) in [4.78, 5) is 12.0. The Balaban J connectivity index is 1.47. The van der Waals surface area contributed by atoms with Gasteiger partial charge in [0.25, 0.3) is 0 Å². The Hall–Kier alpha value is -3.16. The first-order chi connectivity index (χ1) is 15.7. The lowest BCUT2D eigenvalue weighted by atomic mass is 10.0. The molecule has 7 heteroatoms. The van der Waals surface area contributed by atoms with Crippen LogP contribution in [-0.2, 0) is 6.54 Å². The molecule has 1 aliphatic rings. The third-order valence-corrected chi connectivity index (χ3v) is 6.71. The second-order valence-corrected chi connectivity index (χ2v) is 9.15. The summed E-state index contributed by atoms with van der Waals surface area (Å²) in [5.74, 6) is 0.858. The molecule has 1 aromatic carbocycles. The summed E-state index contributed by atoms with van der Waals surface area (Å²) in [5, 5.41) is 5.01. The van der Waals surface area contributed by atoms with E-state index in [9.17, 15) is 0 Å². The van der Waals surface area contributed by atoms with E-state index in [1.54, 1.807) is 24.2 Å². The van der Waals surface area contributed by atoms with Crippen LogP contribution in [0.25, 0.3) is 0 Å². The van der Waals surface area contributed by atoms with Crippen LogP contribution in [0.4, 0.5) is 0 Å². The summed E-state index contributed by atoms with van der Waals surface area (Å²) in [7, 11) is 0. The average Bonchev–Trinajstić information content (AvgIpc) is 3.41. The van der Waals surface area contributed by atoms with Crippen LogP contribution in [0.3, 0.4) is 0 Å². The molecule has 4 heterocycles. The molecule has 1 fully saturated rings. The van der Waals surface area contributed by atoms with Gasteiger partial charge in [-0.3, -0.25) is 9.97 Å². The molecule has 1 saturated heterocycles. The van der Waals surface area contributed by atoms with Crippen molar-refractivity contribution in [3.63, 3.8) is 0 Å². The monoisotopic (exact) mass is 458 g/mol. The summed E-state index contributed by atoms with van der Waals surface area (Å²) < 4.78 is 6.35. The Bertz CT molecular complexity index is 1200. The number of hydrogen-bond acceptors (Lipinski definition) is 5. The van der Waals surface area contributed by atoms with Crippen LogP contribution < -0.4 is 5.32 Å². The Morgan fingerprint density at radius 2 is 1.81 bits per heavy atom. The molecule has 0 amide bonds. The second kappa shape index (κ2) is 9.14. The standard InChI is InChI=1S/C25H22N4OS2/c1-17-5-7-19(8-6-17)32-22-10-9-21(30-22)24-23(20-4-2-3-13-27-20)28-25(31)29(24)16-18-11-14-26-15-12-18/h2-15,23-24H,16H2,1H3,(H,28,31)/t23-,24-/m0/s1. The van der Waals surface area contributed by atoms with E-state index in [1.165, 1.54) is 5.56 Å². The molecular formula is C25H22N4OS2. The van der Waals surface area contributed by atoms with Gasteiger partial charge in [0.2, 0.25) is 0 Å². The van der Waals surface area contributed by atoms with E-state index in [0.717, 1.165) is 27.0 Å². The van der Waals surface area contributed by atoms with Crippen molar-refractivity contribution >= 4 is 29.1 Å². The van der Waals surface area contributed by atoms with Gasteiger partial charge in [0, 0.05) is 30.0 Å². The third-order valence-electron chi connectivity index (χ3n) is 5.43. The Labute approximate surface area is 196 Å². The number of thiocarbonyl (C=S) groups is 1. The van der Waals surface area contributed by atoms with Gasteiger partial charge in [0.05, 0.1) is 11.7 Å². The van der Waals surface area contributed by atoms with Crippen molar-refractivity contribution in [2.45, 2.75) is 35.5 Å². The number of pyridine rings is 2. The van der Waals surface area contributed by atoms with Crippen molar-refractivity contribution in [1.29, 1.82) is 0 Å². The molecule has 2 atom stereocenters. The molecule has 1 aliphatic heterocycles. The number of aryl methyl sites for hydroxylation is 1. The van der Waals surface area contributed by atoms with Crippen LogP contribution >= 0.6 is 24.0 Å². The molecule has 160 valence electrons. The summed E-state index contributed by atoms with van der Waals surface area (Å²) in [6.07, 6.45) is 5.41. The maximum absolute atomic E-state index is 6.35. The molecule has 5 rings (SSSR count). The number of hydrogen-bond donors (Lipinski definition) is 1. The predicted molar refractivity (Wildman–Crippen MR) is 129 cm³/mol. The number of benzene rings is 1. The van der Waals surface area contributed by atoms with Gasteiger partial charge in [-0.15, -0.1) is 0 Å². The van der Waals surface area contributed by atoms with Gasteiger partial charge in [-0.05, 0) is 73.2 Å². The van der Waals surface area contributed by atoms with Gasteiger partial charge < -0.3 is 14.6 Å². The van der Waals surface area contributed by atoms with Crippen molar-refractivity contribution in [2.24, 2.45) is 0 Å². The van der Waals surface area contributed by atoms with Crippen molar-refractivity contribution < 1.29 is 4.42 Å². The smallest absolute Gasteiger partial charge is 0.170 e. The minimum absolute atomic E-state index is 0.103. The topological polar surface area (TPSA) is 54.2 Å². The zero-order chi connectivity index (χ0) is 21.9. The molecule has 1 N–H and O–H groups in total. The second-order valence-electron chi connectivity index (χ2n) is 7.68. The van der Waals surface area contributed by atoms with E-state index in [4.69, 9.17) is 16.6 Å². The predicted octanol–water partition coefficient (Wildman–Crippen LogP) is 5.70. The zero-order valence-corrected chi connectivity index (χ0v) is 19.1. The van der Waals surface area contributed by atoms with Crippen molar-refractivity contribution in [2.75, 3.05) is 0 Å². The van der Waals surface area contributed by atoms with E-state index in [-0.39, 0.29) is 12.1 Å². The van der Waals surface area contributed by atoms with Crippen LogP contribution in [0.1, 0.15) is 34.7 Å². The molecule has 3 aromatic heterocycles. The first-order valence-corrected chi connectivity index (χ1v) is 11.6. The quantitative estimate of drug-likeness (QED) is 0.372. The highest BCUT2D eigenvalue weighted by molar-refractivity contribution is 7.99. The number of furan rings is 1. The fourth-order valence-electron chi connectivity index (χ4n) is 3.84. The van der Waals surface area contributed by atoms with E-state index in [1.807, 2.05) is 48.7 Å². The van der Waals surface area contributed by atoms with E-state index >= 15 is 0 Å². The molecule has 0 aliphatic carbocycles. The maximum Gasteiger partial charge on any atom is 0.170 e. The highest BCUT2D eigenvalue weighted by Gasteiger charge is 2.41. The molecule has 0 spiro atoms. The molecule has 4 aromatic rings. The normalized spacial score (nSPS) is 18.0. The largest absolute Gasteiger partial charge is 0.452 e. The minimum Gasteiger partial charge on any atom is -0.452 e. The highest BCUT2D eigenvalue weighted by atomic mass is 32.2. The van der Waals surface area contributed by atoms with Crippen molar-refractivity contribution in [3.8, 4) is 0 Å². The van der Waals surface area contributed by atoms with Gasteiger partial charge in [-0.25, -0.2) is 0 Å². The molecule has 5 nitrogen and oxygen atoms in total. The summed E-state index contributed by atoms with van der Waals surface area (Å²) in [6.45, 7) is 2.74. The number of rotatable bonds is 6. The molecule has 0 bridgehead atoms. The third kappa shape index (κ3) is 4.40. The lowest BCUT2D eigenvalue weighted by Crippen LogP contribution is -2.29. The Morgan fingerprint density at radius 1 is 1.00 bits per heavy atom. The van der Waals surface area contributed by atoms with Gasteiger partial charge in [-0.1, -0.05) is 35.5 Å². The van der Waals surface area contributed by atoms with E-state index < -0.39 is 0 Å². The fraction of sp³-hybridized carbons (Fsp3) is 0.160. The first-order valence-electron chi connectivity index (χ1n) is 10.4. The van der Waals surface area contributed by atoms with Crippen LogP contribution in [0.5, 0.6) is 0 Å². The van der Waals surface area contributed by atoms with Gasteiger partial charge in [0.15, 0.2) is 10.2 Å². The van der Waals surface area contributed by atoms with Crippen LogP contribution in [0.15, 0.2) is 99.7 Å². The van der Waals surface area contributed by atoms with Crippen LogP contribution in [-0.4, -0.2) is 20.0 Å². The maximum atomic E-state index is 6.35. The van der Waals surface area contributed by atoms with Crippen LogP contribution in [0, 0.1) is 6.92 Å². The SMILES string of the molecule is Cc1ccc(Sc2ccc([C@H]3[C@H](c4ccccn4)NC(=S)N3Cc3ccncc3)o2)cc1. The number of nitrogens with one attached hydrogen (secondary N) is 1. The van der Waals surface area contributed by atoms with E-state index in [0.29, 0.717) is 11.7 Å². The van der Waals surface area contributed by atoms with Crippen LogP contribution in [0.2, 0.25) is 0 Å². The van der Waals surface area contributed by atoms with Gasteiger partial charge in [-0.2, -0.15) is 0 Å². The molecule has 0 saturated carbocycles. The highest BCUT2D eigenvalue weighted by Crippen LogP contribution is 2.41. The summed E-state index contributed by atoms with van der Waals surface area (Å²) >= 11 is 7.36. The van der Waals surface area contributed by atoms with Crippen molar-refractivity contribution in [3.05, 3.63) is 108 Å². The van der Waals surface area contributed by atoms with Gasteiger partial charge >= 0.3 is 0 Å². The molecular weight excluding hydrogens is 436 g/mol. The lowest BCUT2D eigenvalue weighted by Gasteiger charge is -2.26. The Morgan fingerprint density at radius 3 is 2.56 bits per heavy atom. The first kappa shape index (κ1) is 20.7.